The SMILES string of the molecule is CCc1cc(Br)nc(Br)c1. The third-order valence-electron chi connectivity index (χ3n) is 1.23. The van der Waals surface area contributed by atoms with Crippen molar-refractivity contribution in [2.75, 3.05) is 0 Å². The first kappa shape index (κ1) is 8.21. The Bertz CT molecular complexity index is 215. The first-order valence-corrected chi connectivity index (χ1v) is 4.63. The van der Waals surface area contributed by atoms with Gasteiger partial charge in [0, 0.05) is 0 Å². The van der Waals surface area contributed by atoms with Gasteiger partial charge in [-0.1, -0.05) is 6.92 Å². The maximum atomic E-state index is 4.12. The van der Waals surface area contributed by atoms with Gasteiger partial charge in [-0.15, -0.1) is 0 Å². The molecule has 0 fully saturated rings. The molecule has 0 aliphatic rings. The number of halogens is 2. The number of rotatable bonds is 1. The van der Waals surface area contributed by atoms with E-state index < -0.39 is 0 Å². The quantitative estimate of drug-likeness (QED) is 0.710. The van der Waals surface area contributed by atoms with Crippen LogP contribution in [0, 0.1) is 0 Å². The third kappa shape index (κ3) is 2.06. The van der Waals surface area contributed by atoms with Crippen LogP contribution in [0.15, 0.2) is 21.3 Å². The zero-order valence-electron chi connectivity index (χ0n) is 5.56. The molecule has 0 spiro atoms. The van der Waals surface area contributed by atoms with Crippen LogP contribution in [-0.4, -0.2) is 4.98 Å². The van der Waals surface area contributed by atoms with Gasteiger partial charge in [-0.05, 0) is 56.0 Å². The van der Waals surface area contributed by atoms with E-state index in [1.54, 1.807) is 0 Å². The van der Waals surface area contributed by atoms with Gasteiger partial charge in [0.25, 0.3) is 0 Å². The number of pyridine rings is 1. The van der Waals surface area contributed by atoms with Crippen molar-refractivity contribution in [3.05, 3.63) is 26.9 Å². The molecule has 1 nitrogen and oxygen atoms in total. The Labute approximate surface area is 77.1 Å². The molecule has 0 saturated carbocycles. The molecule has 0 aromatic carbocycles. The van der Waals surface area contributed by atoms with E-state index in [1.165, 1.54) is 5.56 Å². The first-order chi connectivity index (χ1) is 4.72. The lowest BCUT2D eigenvalue weighted by Crippen LogP contribution is -1.83. The molecule has 1 aromatic heterocycles. The molecule has 0 atom stereocenters. The summed E-state index contributed by atoms with van der Waals surface area (Å²) in [7, 11) is 0. The summed E-state index contributed by atoms with van der Waals surface area (Å²) in [5.41, 5.74) is 1.29. The van der Waals surface area contributed by atoms with Crippen molar-refractivity contribution in [2.24, 2.45) is 0 Å². The third-order valence-corrected chi connectivity index (χ3v) is 2.04. The zero-order valence-corrected chi connectivity index (χ0v) is 8.74. The second-order valence-corrected chi connectivity index (χ2v) is 3.60. The number of hydrogen-bond acceptors (Lipinski definition) is 1. The minimum atomic E-state index is 0.888. The minimum absolute atomic E-state index is 0.888. The smallest absolute Gasteiger partial charge is 0.107 e. The number of aromatic nitrogens is 1. The molecule has 0 aliphatic heterocycles. The maximum Gasteiger partial charge on any atom is 0.107 e. The molecule has 10 heavy (non-hydrogen) atoms. The predicted molar refractivity (Wildman–Crippen MR) is 49.0 cm³/mol. The van der Waals surface area contributed by atoms with Crippen molar-refractivity contribution in [3.63, 3.8) is 0 Å². The summed E-state index contributed by atoms with van der Waals surface area (Å²) < 4.78 is 1.78. The first-order valence-electron chi connectivity index (χ1n) is 3.04. The van der Waals surface area contributed by atoms with E-state index in [0.717, 1.165) is 15.6 Å². The number of nitrogens with zero attached hydrogens (tertiary/aromatic N) is 1. The minimum Gasteiger partial charge on any atom is -0.234 e. The molecule has 0 unspecified atom stereocenters. The van der Waals surface area contributed by atoms with Gasteiger partial charge in [-0.2, -0.15) is 0 Å². The summed E-state index contributed by atoms with van der Waals surface area (Å²) in [4.78, 5) is 4.12. The van der Waals surface area contributed by atoms with E-state index in [2.05, 4.69) is 43.8 Å². The van der Waals surface area contributed by atoms with Crippen molar-refractivity contribution in [1.82, 2.24) is 4.98 Å². The summed E-state index contributed by atoms with van der Waals surface area (Å²) in [5.74, 6) is 0. The largest absolute Gasteiger partial charge is 0.234 e. The summed E-state index contributed by atoms with van der Waals surface area (Å²) in [5, 5.41) is 0. The Hall–Kier alpha value is 0.110. The number of hydrogen-bond donors (Lipinski definition) is 0. The summed E-state index contributed by atoms with van der Waals surface area (Å²) in [6.07, 6.45) is 1.04. The molecular weight excluding hydrogens is 258 g/mol. The van der Waals surface area contributed by atoms with Crippen molar-refractivity contribution in [3.8, 4) is 0 Å². The van der Waals surface area contributed by atoms with Crippen LogP contribution in [-0.2, 0) is 6.42 Å². The molecule has 0 bridgehead atoms. The van der Waals surface area contributed by atoms with Gasteiger partial charge in [0.2, 0.25) is 0 Å². The van der Waals surface area contributed by atoms with E-state index in [1.807, 2.05) is 12.1 Å². The van der Waals surface area contributed by atoms with Gasteiger partial charge in [-0.25, -0.2) is 4.98 Å². The average molecular weight is 265 g/mol. The summed E-state index contributed by atoms with van der Waals surface area (Å²) >= 11 is 6.63. The molecular formula is C7H7Br2N. The van der Waals surface area contributed by atoms with Crippen LogP contribution in [0.2, 0.25) is 0 Å². The van der Waals surface area contributed by atoms with Gasteiger partial charge in [-0.3, -0.25) is 0 Å². The number of aryl methyl sites for hydroxylation is 1. The van der Waals surface area contributed by atoms with Crippen LogP contribution in [0.3, 0.4) is 0 Å². The highest BCUT2D eigenvalue weighted by molar-refractivity contribution is 9.11. The molecule has 0 radical (unpaired) electrons. The Kier molecular flexibility index (Phi) is 2.86. The molecule has 3 heteroatoms. The highest BCUT2D eigenvalue weighted by atomic mass is 79.9. The van der Waals surface area contributed by atoms with Crippen LogP contribution in [0.1, 0.15) is 12.5 Å². The Morgan fingerprint density at radius 2 is 1.80 bits per heavy atom. The van der Waals surface area contributed by atoms with Crippen LogP contribution in [0.25, 0.3) is 0 Å². The van der Waals surface area contributed by atoms with Gasteiger partial charge in [0.05, 0.1) is 0 Å². The molecule has 1 aromatic rings. The summed E-state index contributed by atoms with van der Waals surface area (Å²) in [6, 6.07) is 4.04. The van der Waals surface area contributed by atoms with E-state index in [-0.39, 0.29) is 0 Å². The second kappa shape index (κ2) is 3.49. The Morgan fingerprint density at radius 1 is 1.30 bits per heavy atom. The van der Waals surface area contributed by atoms with Crippen LogP contribution in [0.4, 0.5) is 0 Å². The monoisotopic (exact) mass is 263 g/mol. The second-order valence-electron chi connectivity index (χ2n) is 1.97. The van der Waals surface area contributed by atoms with E-state index in [0.29, 0.717) is 0 Å². The molecule has 1 rings (SSSR count). The van der Waals surface area contributed by atoms with Gasteiger partial charge in [0.15, 0.2) is 0 Å². The Morgan fingerprint density at radius 3 is 2.20 bits per heavy atom. The lowest BCUT2D eigenvalue weighted by molar-refractivity contribution is 1.09. The standard InChI is InChI=1S/C7H7Br2N/c1-2-5-3-6(8)10-7(9)4-5/h3-4H,2H2,1H3. The topological polar surface area (TPSA) is 12.9 Å². The van der Waals surface area contributed by atoms with Crippen molar-refractivity contribution in [1.29, 1.82) is 0 Å². The Balaban J connectivity index is 3.06. The van der Waals surface area contributed by atoms with Crippen LogP contribution < -0.4 is 0 Å². The fourth-order valence-corrected chi connectivity index (χ4v) is 1.93. The highest BCUT2D eigenvalue weighted by Crippen LogP contribution is 2.15. The lowest BCUT2D eigenvalue weighted by Gasteiger charge is -1.97. The van der Waals surface area contributed by atoms with Gasteiger partial charge >= 0.3 is 0 Å². The fraction of sp³-hybridized carbons (Fsp3) is 0.286. The van der Waals surface area contributed by atoms with E-state index in [9.17, 15) is 0 Å². The van der Waals surface area contributed by atoms with Crippen molar-refractivity contribution < 1.29 is 0 Å². The van der Waals surface area contributed by atoms with E-state index in [4.69, 9.17) is 0 Å². The molecule has 0 saturated heterocycles. The van der Waals surface area contributed by atoms with Gasteiger partial charge < -0.3 is 0 Å². The van der Waals surface area contributed by atoms with E-state index >= 15 is 0 Å². The lowest BCUT2D eigenvalue weighted by atomic mass is 10.2. The molecule has 54 valence electrons. The fourth-order valence-electron chi connectivity index (χ4n) is 0.718. The summed E-state index contributed by atoms with van der Waals surface area (Å²) in [6.45, 7) is 2.12. The van der Waals surface area contributed by atoms with Crippen molar-refractivity contribution >= 4 is 31.9 Å². The average Bonchev–Trinajstić information content (AvgIpc) is 1.85. The van der Waals surface area contributed by atoms with Crippen molar-refractivity contribution in [2.45, 2.75) is 13.3 Å². The zero-order chi connectivity index (χ0) is 7.56. The highest BCUT2D eigenvalue weighted by Gasteiger charge is 1.94. The van der Waals surface area contributed by atoms with Crippen LogP contribution >= 0.6 is 31.9 Å². The van der Waals surface area contributed by atoms with Crippen LogP contribution in [0.5, 0.6) is 0 Å². The molecule has 1 heterocycles. The van der Waals surface area contributed by atoms with Gasteiger partial charge in [0.1, 0.15) is 9.21 Å². The molecule has 0 N–H and O–H groups in total. The normalized spacial score (nSPS) is 9.90. The predicted octanol–water partition coefficient (Wildman–Crippen LogP) is 3.17. The maximum absolute atomic E-state index is 4.12. The molecule has 0 aliphatic carbocycles. The molecule has 0 amide bonds.